The van der Waals surface area contributed by atoms with Gasteiger partial charge in [0.15, 0.2) is 0 Å². The Morgan fingerprint density at radius 1 is 1.47 bits per heavy atom. The van der Waals surface area contributed by atoms with Crippen molar-refractivity contribution < 1.29 is 9.90 Å². The second-order valence-electron chi connectivity index (χ2n) is 5.18. The van der Waals surface area contributed by atoms with Gasteiger partial charge in [-0.15, -0.1) is 0 Å². The number of hydrogen-bond donors (Lipinski definition) is 1. The zero-order chi connectivity index (χ0) is 12.3. The molecule has 98 valence electrons. The van der Waals surface area contributed by atoms with E-state index in [9.17, 15) is 9.90 Å². The first-order chi connectivity index (χ1) is 8.24. The van der Waals surface area contributed by atoms with Crippen molar-refractivity contribution in [3.8, 4) is 0 Å². The molecule has 0 aromatic rings. The van der Waals surface area contributed by atoms with Gasteiger partial charge in [0.25, 0.3) is 0 Å². The summed E-state index contributed by atoms with van der Waals surface area (Å²) in [6.45, 7) is 4.17. The Morgan fingerprint density at radius 2 is 2.29 bits per heavy atom. The van der Waals surface area contributed by atoms with Crippen molar-refractivity contribution in [2.24, 2.45) is 11.8 Å². The van der Waals surface area contributed by atoms with Gasteiger partial charge in [0.2, 0.25) is 0 Å². The van der Waals surface area contributed by atoms with Gasteiger partial charge in [-0.05, 0) is 49.1 Å². The Bertz CT molecular complexity index is 272. The molecule has 2 aliphatic rings. The van der Waals surface area contributed by atoms with E-state index in [1.54, 1.807) is 0 Å². The maximum atomic E-state index is 11.4. The molecule has 1 aliphatic heterocycles. The number of aliphatic carboxylic acids is 1. The normalized spacial score (nSPS) is 32.9. The van der Waals surface area contributed by atoms with Gasteiger partial charge >= 0.3 is 5.97 Å². The monoisotopic (exact) mass is 257 g/mol. The van der Waals surface area contributed by atoms with Gasteiger partial charge in [-0.2, -0.15) is 11.8 Å². The van der Waals surface area contributed by atoms with Crippen LogP contribution in [0.4, 0.5) is 0 Å². The van der Waals surface area contributed by atoms with Gasteiger partial charge in [-0.25, -0.2) is 0 Å². The number of hydrogen-bond acceptors (Lipinski definition) is 3. The molecule has 0 aromatic carbocycles. The van der Waals surface area contributed by atoms with E-state index >= 15 is 0 Å². The highest BCUT2D eigenvalue weighted by atomic mass is 32.2. The predicted molar refractivity (Wildman–Crippen MR) is 71.4 cm³/mol. The number of rotatable bonds is 6. The summed E-state index contributed by atoms with van der Waals surface area (Å²) in [7, 11) is 0. The quantitative estimate of drug-likeness (QED) is 0.741. The van der Waals surface area contributed by atoms with E-state index in [1.807, 2.05) is 11.8 Å². The highest BCUT2D eigenvalue weighted by Crippen LogP contribution is 2.42. The van der Waals surface area contributed by atoms with Crippen molar-refractivity contribution in [2.75, 3.05) is 24.6 Å². The number of carbonyl (C=O) groups is 1. The third kappa shape index (κ3) is 2.97. The Kier molecular flexibility index (Phi) is 4.74. The smallest absolute Gasteiger partial charge is 0.321 e. The Morgan fingerprint density at radius 3 is 3.00 bits per heavy atom. The SMILES string of the molecule is CCSCCCN1CC2CCCC2C1C(=O)O. The molecule has 4 heteroatoms. The largest absolute Gasteiger partial charge is 0.480 e. The predicted octanol–water partition coefficient (Wildman–Crippen LogP) is 2.31. The minimum Gasteiger partial charge on any atom is -0.480 e. The van der Waals surface area contributed by atoms with Crippen molar-refractivity contribution in [1.29, 1.82) is 0 Å². The van der Waals surface area contributed by atoms with Gasteiger partial charge in [-0.3, -0.25) is 9.69 Å². The van der Waals surface area contributed by atoms with E-state index in [-0.39, 0.29) is 6.04 Å². The Labute approximate surface area is 108 Å². The van der Waals surface area contributed by atoms with Crippen LogP contribution in [0.5, 0.6) is 0 Å². The first-order valence-electron chi connectivity index (χ1n) is 6.78. The van der Waals surface area contributed by atoms with E-state index in [2.05, 4.69) is 11.8 Å². The molecule has 0 spiro atoms. The van der Waals surface area contributed by atoms with Crippen molar-refractivity contribution in [2.45, 2.75) is 38.6 Å². The van der Waals surface area contributed by atoms with Crippen molar-refractivity contribution in [3.63, 3.8) is 0 Å². The van der Waals surface area contributed by atoms with Crippen LogP contribution in [-0.2, 0) is 4.79 Å². The summed E-state index contributed by atoms with van der Waals surface area (Å²) in [5.74, 6) is 2.83. The number of thioether (sulfide) groups is 1. The van der Waals surface area contributed by atoms with E-state index in [0.29, 0.717) is 11.8 Å². The van der Waals surface area contributed by atoms with Crippen LogP contribution in [0.3, 0.4) is 0 Å². The molecular formula is C13H23NO2S. The van der Waals surface area contributed by atoms with E-state index in [0.717, 1.165) is 37.4 Å². The fourth-order valence-corrected chi connectivity index (χ4v) is 4.10. The number of carboxylic acid groups (broad SMARTS) is 1. The summed E-state index contributed by atoms with van der Waals surface area (Å²) in [5, 5.41) is 9.39. The highest BCUT2D eigenvalue weighted by Gasteiger charge is 2.47. The molecule has 3 atom stereocenters. The molecule has 0 bridgehead atoms. The topological polar surface area (TPSA) is 40.5 Å². The van der Waals surface area contributed by atoms with Gasteiger partial charge in [0, 0.05) is 6.54 Å². The third-order valence-electron chi connectivity index (χ3n) is 4.18. The maximum absolute atomic E-state index is 11.4. The Hall–Kier alpha value is -0.220. The first kappa shape index (κ1) is 13.2. The molecule has 1 N–H and O–H groups in total. The molecule has 0 radical (unpaired) electrons. The molecule has 17 heavy (non-hydrogen) atoms. The van der Waals surface area contributed by atoms with Gasteiger partial charge in [0.1, 0.15) is 6.04 Å². The fourth-order valence-electron chi connectivity index (χ4n) is 3.48. The van der Waals surface area contributed by atoms with E-state index in [1.165, 1.54) is 12.8 Å². The second-order valence-corrected chi connectivity index (χ2v) is 6.58. The van der Waals surface area contributed by atoms with Crippen LogP contribution in [-0.4, -0.2) is 46.6 Å². The van der Waals surface area contributed by atoms with Crippen LogP contribution in [0, 0.1) is 11.8 Å². The van der Waals surface area contributed by atoms with Crippen LogP contribution in [0.1, 0.15) is 32.6 Å². The fraction of sp³-hybridized carbons (Fsp3) is 0.923. The lowest BCUT2D eigenvalue weighted by atomic mass is 9.94. The van der Waals surface area contributed by atoms with Crippen molar-refractivity contribution in [1.82, 2.24) is 4.90 Å². The lowest BCUT2D eigenvalue weighted by Crippen LogP contribution is -2.40. The number of likely N-dealkylation sites (tertiary alicyclic amines) is 1. The standard InChI is InChI=1S/C13H23NO2S/c1-2-17-8-4-7-14-9-10-5-3-6-11(10)12(14)13(15)16/h10-12H,2-9H2,1H3,(H,15,16). The lowest BCUT2D eigenvalue weighted by molar-refractivity contribution is -0.143. The molecule has 1 saturated heterocycles. The molecular weight excluding hydrogens is 234 g/mol. The average Bonchev–Trinajstić information content (AvgIpc) is 2.83. The van der Waals surface area contributed by atoms with E-state index < -0.39 is 5.97 Å². The summed E-state index contributed by atoms with van der Waals surface area (Å²) >= 11 is 1.95. The average molecular weight is 257 g/mol. The highest BCUT2D eigenvalue weighted by molar-refractivity contribution is 7.99. The molecule has 3 nitrogen and oxygen atoms in total. The minimum absolute atomic E-state index is 0.186. The molecule has 1 heterocycles. The summed E-state index contributed by atoms with van der Waals surface area (Å²) in [4.78, 5) is 13.6. The van der Waals surface area contributed by atoms with Gasteiger partial charge in [-0.1, -0.05) is 13.3 Å². The number of carboxylic acids is 1. The van der Waals surface area contributed by atoms with Gasteiger partial charge in [0.05, 0.1) is 0 Å². The zero-order valence-electron chi connectivity index (χ0n) is 10.6. The number of fused-ring (bicyclic) bond motifs is 1. The number of nitrogens with zero attached hydrogens (tertiary/aromatic N) is 1. The molecule has 2 fully saturated rings. The molecule has 0 aromatic heterocycles. The van der Waals surface area contributed by atoms with Gasteiger partial charge < -0.3 is 5.11 Å². The Balaban J connectivity index is 1.86. The first-order valence-corrected chi connectivity index (χ1v) is 7.94. The minimum atomic E-state index is -0.595. The summed E-state index contributed by atoms with van der Waals surface area (Å²) in [6.07, 6.45) is 4.73. The molecule has 1 saturated carbocycles. The second kappa shape index (κ2) is 6.10. The molecule has 3 unspecified atom stereocenters. The third-order valence-corrected chi connectivity index (χ3v) is 5.16. The van der Waals surface area contributed by atoms with Crippen molar-refractivity contribution in [3.05, 3.63) is 0 Å². The summed E-state index contributed by atoms with van der Waals surface area (Å²) in [5.41, 5.74) is 0. The molecule has 0 amide bonds. The molecule has 2 rings (SSSR count). The van der Waals surface area contributed by atoms with Crippen LogP contribution < -0.4 is 0 Å². The summed E-state index contributed by atoms with van der Waals surface area (Å²) < 4.78 is 0. The summed E-state index contributed by atoms with van der Waals surface area (Å²) in [6, 6.07) is -0.186. The van der Waals surface area contributed by atoms with Crippen LogP contribution >= 0.6 is 11.8 Å². The molecule has 1 aliphatic carbocycles. The lowest BCUT2D eigenvalue weighted by Gasteiger charge is -2.23. The van der Waals surface area contributed by atoms with Crippen LogP contribution in [0.15, 0.2) is 0 Å². The van der Waals surface area contributed by atoms with Crippen LogP contribution in [0.2, 0.25) is 0 Å². The van der Waals surface area contributed by atoms with Crippen molar-refractivity contribution >= 4 is 17.7 Å². The zero-order valence-corrected chi connectivity index (χ0v) is 11.4. The van der Waals surface area contributed by atoms with E-state index in [4.69, 9.17) is 0 Å². The van der Waals surface area contributed by atoms with Crippen LogP contribution in [0.25, 0.3) is 0 Å². The maximum Gasteiger partial charge on any atom is 0.321 e.